The van der Waals surface area contributed by atoms with Gasteiger partial charge in [0.2, 0.25) is 5.91 Å². The van der Waals surface area contributed by atoms with Crippen molar-refractivity contribution < 1.29 is 13.2 Å². The predicted molar refractivity (Wildman–Crippen MR) is 87.5 cm³/mol. The highest BCUT2D eigenvalue weighted by Crippen LogP contribution is 2.23. The summed E-state index contributed by atoms with van der Waals surface area (Å²) < 4.78 is 23.5. The summed E-state index contributed by atoms with van der Waals surface area (Å²) >= 11 is 0. The van der Waals surface area contributed by atoms with E-state index in [0.29, 0.717) is 11.4 Å². The van der Waals surface area contributed by atoms with Crippen LogP contribution in [0.2, 0.25) is 0 Å². The highest BCUT2D eigenvalue weighted by Gasteiger charge is 2.20. The number of hydrogen-bond donors (Lipinski definition) is 1. The summed E-state index contributed by atoms with van der Waals surface area (Å²) in [7, 11) is -3.13. The molecule has 1 N–H and O–H groups in total. The molecule has 0 aliphatic heterocycles. The van der Waals surface area contributed by atoms with Gasteiger partial charge in [0.1, 0.15) is 0 Å². The molecule has 2 rings (SSSR count). The number of sulfone groups is 1. The first-order valence-corrected chi connectivity index (χ1v) is 9.77. The molecule has 0 heterocycles. The summed E-state index contributed by atoms with van der Waals surface area (Å²) in [5, 5.41) is 3.00. The lowest BCUT2D eigenvalue weighted by Crippen LogP contribution is -2.33. The first kappa shape index (κ1) is 17.0. The van der Waals surface area contributed by atoms with Gasteiger partial charge in [-0.25, -0.2) is 8.42 Å². The molecular weight excluding hydrogens is 298 g/mol. The first-order valence-electron chi connectivity index (χ1n) is 8.12. The first-order chi connectivity index (χ1) is 10.5. The van der Waals surface area contributed by atoms with Gasteiger partial charge in [-0.1, -0.05) is 38.3 Å². The molecule has 1 aliphatic carbocycles. The van der Waals surface area contributed by atoms with Gasteiger partial charge in [-0.3, -0.25) is 4.79 Å². The van der Waals surface area contributed by atoms with E-state index in [1.807, 2.05) is 12.1 Å². The second-order valence-corrected chi connectivity index (χ2v) is 8.20. The molecular formula is C17H25NO3S. The van der Waals surface area contributed by atoms with Crippen molar-refractivity contribution in [2.45, 2.75) is 50.3 Å². The van der Waals surface area contributed by atoms with Crippen LogP contribution >= 0.6 is 0 Å². The van der Waals surface area contributed by atoms with Crippen molar-refractivity contribution in [1.82, 2.24) is 5.32 Å². The molecule has 0 saturated heterocycles. The lowest BCUT2D eigenvalue weighted by Gasteiger charge is -2.20. The Labute approximate surface area is 133 Å². The van der Waals surface area contributed by atoms with E-state index >= 15 is 0 Å². The molecule has 1 aromatic rings. The average molecular weight is 323 g/mol. The normalized spacial score (nSPS) is 16.4. The van der Waals surface area contributed by atoms with E-state index in [1.165, 1.54) is 6.42 Å². The third-order valence-corrected chi connectivity index (χ3v) is 6.10. The van der Waals surface area contributed by atoms with E-state index in [1.54, 1.807) is 19.1 Å². The number of benzene rings is 1. The molecule has 1 amide bonds. The van der Waals surface area contributed by atoms with Gasteiger partial charge in [0.25, 0.3) is 0 Å². The van der Waals surface area contributed by atoms with Crippen molar-refractivity contribution in [2.24, 2.45) is 5.92 Å². The Balaban J connectivity index is 1.81. The van der Waals surface area contributed by atoms with Crippen LogP contribution in [-0.2, 0) is 21.1 Å². The molecule has 0 atom stereocenters. The van der Waals surface area contributed by atoms with Crippen LogP contribution in [0.15, 0.2) is 29.2 Å². The molecule has 0 radical (unpaired) electrons. The minimum absolute atomic E-state index is 0.115. The maximum Gasteiger partial charge on any atom is 0.223 e. The molecule has 122 valence electrons. The van der Waals surface area contributed by atoms with Crippen molar-refractivity contribution in [3.05, 3.63) is 29.8 Å². The third-order valence-electron chi connectivity index (χ3n) is 4.35. The fourth-order valence-electron chi connectivity index (χ4n) is 2.87. The highest BCUT2D eigenvalue weighted by molar-refractivity contribution is 7.91. The van der Waals surface area contributed by atoms with Crippen LogP contribution in [0.5, 0.6) is 0 Å². The van der Waals surface area contributed by atoms with Gasteiger partial charge in [-0.2, -0.15) is 0 Å². The molecule has 1 fully saturated rings. The molecule has 0 bridgehead atoms. The van der Waals surface area contributed by atoms with Crippen LogP contribution in [0, 0.1) is 5.92 Å². The summed E-state index contributed by atoms with van der Waals surface area (Å²) in [6, 6.07) is 6.96. The minimum Gasteiger partial charge on any atom is -0.356 e. The number of amides is 1. The van der Waals surface area contributed by atoms with Crippen LogP contribution in [0.25, 0.3) is 0 Å². The Morgan fingerprint density at radius 3 is 2.36 bits per heavy atom. The van der Waals surface area contributed by atoms with Gasteiger partial charge in [0.05, 0.1) is 10.6 Å². The van der Waals surface area contributed by atoms with E-state index in [0.717, 1.165) is 37.7 Å². The molecule has 0 spiro atoms. The van der Waals surface area contributed by atoms with E-state index in [2.05, 4.69) is 5.32 Å². The van der Waals surface area contributed by atoms with Crippen molar-refractivity contribution in [2.75, 3.05) is 12.3 Å². The van der Waals surface area contributed by atoms with Crippen LogP contribution in [0.4, 0.5) is 0 Å². The SMILES string of the molecule is CCS(=O)(=O)c1ccc(CCNC(=O)C2CCCCC2)cc1. The monoisotopic (exact) mass is 323 g/mol. The zero-order chi connectivity index (χ0) is 16.0. The molecule has 0 aromatic heterocycles. The fourth-order valence-corrected chi connectivity index (χ4v) is 3.75. The smallest absolute Gasteiger partial charge is 0.223 e. The van der Waals surface area contributed by atoms with Gasteiger partial charge >= 0.3 is 0 Å². The van der Waals surface area contributed by atoms with Crippen molar-refractivity contribution >= 4 is 15.7 Å². The lowest BCUT2D eigenvalue weighted by molar-refractivity contribution is -0.125. The maximum atomic E-state index is 12.0. The zero-order valence-corrected chi connectivity index (χ0v) is 14.0. The summed E-state index contributed by atoms with van der Waals surface area (Å²) in [4.78, 5) is 12.4. The quantitative estimate of drug-likeness (QED) is 0.875. The summed E-state index contributed by atoms with van der Waals surface area (Å²) in [6.07, 6.45) is 6.31. The number of nitrogens with one attached hydrogen (secondary N) is 1. The largest absolute Gasteiger partial charge is 0.356 e. The van der Waals surface area contributed by atoms with Gasteiger partial charge in [0.15, 0.2) is 9.84 Å². The van der Waals surface area contributed by atoms with E-state index in [4.69, 9.17) is 0 Å². The molecule has 0 unspecified atom stereocenters. The Hall–Kier alpha value is -1.36. The molecule has 1 saturated carbocycles. The summed E-state index contributed by atoms with van der Waals surface area (Å²) in [5.41, 5.74) is 1.04. The number of hydrogen-bond acceptors (Lipinski definition) is 3. The van der Waals surface area contributed by atoms with E-state index in [-0.39, 0.29) is 17.6 Å². The Morgan fingerprint density at radius 1 is 1.14 bits per heavy atom. The number of carbonyl (C=O) groups excluding carboxylic acids is 1. The standard InChI is InChI=1S/C17H25NO3S/c1-2-22(20,21)16-10-8-14(9-11-16)12-13-18-17(19)15-6-4-3-5-7-15/h8-11,15H,2-7,12-13H2,1H3,(H,18,19). The third kappa shape index (κ3) is 4.57. The fraction of sp³-hybridized carbons (Fsp3) is 0.588. The summed E-state index contributed by atoms with van der Waals surface area (Å²) in [6.45, 7) is 2.25. The van der Waals surface area contributed by atoms with Gasteiger partial charge in [-0.05, 0) is 37.0 Å². The Morgan fingerprint density at radius 2 is 1.77 bits per heavy atom. The Kier molecular flexibility index (Phi) is 6.00. The molecule has 22 heavy (non-hydrogen) atoms. The zero-order valence-electron chi connectivity index (χ0n) is 13.2. The van der Waals surface area contributed by atoms with Crippen molar-refractivity contribution in [3.8, 4) is 0 Å². The highest BCUT2D eigenvalue weighted by atomic mass is 32.2. The van der Waals surface area contributed by atoms with Crippen LogP contribution in [0.3, 0.4) is 0 Å². The second kappa shape index (κ2) is 7.77. The lowest BCUT2D eigenvalue weighted by atomic mass is 9.88. The minimum atomic E-state index is -3.13. The molecule has 1 aliphatic rings. The van der Waals surface area contributed by atoms with Gasteiger partial charge in [0, 0.05) is 12.5 Å². The summed E-state index contributed by atoms with van der Waals surface area (Å²) in [5.74, 6) is 0.472. The van der Waals surface area contributed by atoms with Crippen LogP contribution in [-0.4, -0.2) is 26.6 Å². The predicted octanol–water partition coefficient (Wildman–Crippen LogP) is 2.72. The van der Waals surface area contributed by atoms with Gasteiger partial charge in [-0.15, -0.1) is 0 Å². The molecule has 1 aromatic carbocycles. The van der Waals surface area contributed by atoms with Crippen LogP contribution < -0.4 is 5.32 Å². The van der Waals surface area contributed by atoms with Crippen molar-refractivity contribution in [1.29, 1.82) is 0 Å². The van der Waals surface area contributed by atoms with Crippen LogP contribution in [0.1, 0.15) is 44.6 Å². The molecule has 5 heteroatoms. The number of rotatable bonds is 6. The topological polar surface area (TPSA) is 63.2 Å². The second-order valence-electron chi connectivity index (χ2n) is 5.92. The maximum absolute atomic E-state index is 12.0. The molecule has 4 nitrogen and oxygen atoms in total. The Bertz CT molecular complexity index is 587. The average Bonchev–Trinajstić information content (AvgIpc) is 2.56. The van der Waals surface area contributed by atoms with Gasteiger partial charge < -0.3 is 5.32 Å². The van der Waals surface area contributed by atoms with E-state index < -0.39 is 9.84 Å². The number of carbonyl (C=O) groups is 1. The van der Waals surface area contributed by atoms with E-state index in [9.17, 15) is 13.2 Å². The van der Waals surface area contributed by atoms with Crippen molar-refractivity contribution in [3.63, 3.8) is 0 Å².